The van der Waals surface area contributed by atoms with E-state index >= 15 is 0 Å². The number of aryl methyl sites for hydroxylation is 2. The molecule has 1 N–H and O–H groups in total. The second kappa shape index (κ2) is 4.86. The number of Topliss-reactive ketones (excluding diaryl/α,β-unsaturated/α-hetero) is 1. The van der Waals surface area contributed by atoms with E-state index < -0.39 is 0 Å². The monoisotopic (exact) mass is 264 g/mol. The van der Waals surface area contributed by atoms with Crippen LogP contribution in [0.2, 0.25) is 0 Å². The van der Waals surface area contributed by atoms with Gasteiger partial charge in [-0.05, 0) is 50.0 Å². The van der Waals surface area contributed by atoms with Gasteiger partial charge in [-0.1, -0.05) is 6.07 Å². The highest BCUT2D eigenvalue weighted by atomic mass is 32.1. The Kier molecular flexibility index (Phi) is 3.43. The molecule has 1 aromatic carbocycles. The highest BCUT2D eigenvalue weighted by Gasteiger charge is 2.15. The van der Waals surface area contributed by atoms with Crippen LogP contribution in [0.5, 0.6) is 0 Å². The van der Waals surface area contributed by atoms with Crippen molar-refractivity contribution in [3.05, 3.63) is 40.8 Å². The second-order valence-corrected chi connectivity index (χ2v) is 4.89. The summed E-state index contributed by atoms with van der Waals surface area (Å²) in [6.07, 6.45) is 0. The molecule has 3 nitrogen and oxygen atoms in total. The minimum Gasteiger partial charge on any atom is -0.345 e. The Morgan fingerprint density at radius 2 is 2.11 bits per heavy atom. The van der Waals surface area contributed by atoms with Gasteiger partial charge in [0, 0.05) is 5.69 Å². The summed E-state index contributed by atoms with van der Waals surface area (Å²) in [5.41, 5.74) is 2.47. The van der Waals surface area contributed by atoms with Crippen molar-refractivity contribution in [2.24, 2.45) is 0 Å². The average molecular weight is 264 g/mol. The van der Waals surface area contributed by atoms with E-state index in [0.717, 1.165) is 0 Å². The Hall–Kier alpha value is -1.75. The van der Waals surface area contributed by atoms with Gasteiger partial charge in [0.25, 0.3) is 0 Å². The van der Waals surface area contributed by atoms with Gasteiger partial charge in [0.15, 0.2) is 5.78 Å². The lowest BCUT2D eigenvalue weighted by Crippen LogP contribution is -1.99. The predicted molar refractivity (Wildman–Crippen MR) is 71.3 cm³/mol. The molecule has 0 saturated heterocycles. The largest absolute Gasteiger partial charge is 0.345 e. The number of carbonyl (C=O) groups is 1. The van der Waals surface area contributed by atoms with Crippen LogP contribution < -0.4 is 5.32 Å². The highest BCUT2D eigenvalue weighted by molar-refractivity contribution is 7.10. The maximum atomic E-state index is 13.4. The van der Waals surface area contributed by atoms with Gasteiger partial charge in [0.2, 0.25) is 0 Å². The van der Waals surface area contributed by atoms with Crippen molar-refractivity contribution in [3.63, 3.8) is 0 Å². The van der Waals surface area contributed by atoms with Gasteiger partial charge in [-0.15, -0.1) is 0 Å². The van der Waals surface area contributed by atoms with Crippen LogP contribution in [-0.2, 0) is 0 Å². The lowest BCUT2D eigenvalue weighted by Gasteiger charge is -2.06. The molecule has 0 atom stereocenters. The first-order valence-electron chi connectivity index (χ1n) is 5.49. The number of carbonyl (C=O) groups excluding carboxylic acids is 1. The van der Waals surface area contributed by atoms with Crippen molar-refractivity contribution >= 4 is 28.0 Å². The van der Waals surface area contributed by atoms with Gasteiger partial charge >= 0.3 is 0 Å². The normalized spacial score (nSPS) is 10.4. The Bertz CT molecular complexity index is 607. The van der Waals surface area contributed by atoms with Crippen LogP contribution in [0.1, 0.15) is 28.5 Å². The Morgan fingerprint density at radius 1 is 1.39 bits per heavy atom. The number of rotatable bonds is 3. The molecule has 5 heteroatoms. The summed E-state index contributed by atoms with van der Waals surface area (Å²) in [7, 11) is 0. The zero-order valence-electron chi connectivity index (χ0n) is 10.4. The molecule has 0 spiro atoms. The SMILES string of the molecule is CC(=O)c1c(C)nsc1Nc1ccc(C)c(F)c1. The molecule has 0 fully saturated rings. The van der Waals surface area contributed by atoms with Gasteiger partial charge in [-0.3, -0.25) is 4.79 Å². The third kappa shape index (κ3) is 2.41. The smallest absolute Gasteiger partial charge is 0.164 e. The molecular weight excluding hydrogens is 251 g/mol. The Morgan fingerprint density at radius 3 is 2.72 bits per heavy atom. The van der Waals surface area contributed by atoms with E-state index in [9.17, 15) is 9.18 Å². The molecule has 1 heterocycles. The second-order valence-electron chi connectivity index (χ2n) is 4.12. The fourth-order valence-corrected chi connectivity index (χ4v) is 2.54. The number of nitrogens with zero attached hydrogens (tertiary/aromatic N) is 1. The van der Waals surface area contributed by atoms with Gasteiger partial charge in [0.1, 0.15) is 10.8 Å². The lowest BCUT2D eigenvalue weighted by molar-refractivity contribution is 0.101. The van der Waals surface area contributed by atoms with E-state index in [1.165, 1.54) is 24.5 Å². The van der Waals surface area contributed by atoms with Crippen molar-refractivity contribution in [2.45, 2.75) is 20.8 Å². The molecule has 0 radical (unpaired) electrons. The van der Waals surface area contributed by atoms with E-state index in [1.807, 2.05) is 0 Å². The fraction of sp³-hybridized carbons (Fsp3) is 0.231. The summed E-state index contributed by atoms with van der Waals surface area (Å²) in [5.74, 6) is -0.318. The van der Waals surface area contributed by atoms with E-state index in [-0.39, 0.29) is 11.6 Å². The molecule has 0 unspecified atom stereocenters. The molecule has 0 amide bonds. The maximum absolute atomic E-state index is 13.4. The number of nitrogens with one attached hydrogen (secondary N) is 1. The number of ketones is 1. The van der Waals surface area contributed by atoms with Crippen molar-refractivity contribution in [2.75, 3.05) is 5.32 Å². The van der Waals surface area contributed by atoms with Crippen molar-refractivity contribution in [1.82, 2.24) is 4.37 Å². The Balaban J connectivity index is 2.34. The third-order valence-corrected chi connectivity index (χ3v) is 3.50. The van der Waals surface area contributed by atoms with Crippen LogP contribution in [0.4, 0.5) is 15.1 Å². The van der Waals surface area contributed by atoms with Crippen molar-refractivity contribution in [3.8, 4) is 0 Å². The molecule has 94 valence electrons. The molecular formula is C13H13FN2OS. The minimum atomic E-state index is -0.273. The van der Waals surface area contributed by atoms with E-state index in [0.29, 0.717) is 27.5 Å². The lowest BCUT2D eigenvalue weighted by atomic mass is 10.1. The first-order valence-corrected chi connectivity index (χ1v) is 6.26. The van der Waals surface area contributed by atoms with Crippen LogP contribution >= 0.6 is 11.5 Å². The molecule has 0 aliphatic carbocycles. The van der Waals surface area contributed by atoms with Gasteiger partial charge in [-0.25, -0.2) is 4.39 Å². The number of halogens is 1. The quantitative estimate of drug-likeness (QED) is 0.856. The number of hydrogen-bond donors (Lipinski definition) is 1. The molecule has 0 bridgehead atoms. The molecule has 0 aliphatic rings. The summed E-state index contributed by atoms with van der Waals surface area (Å²) in [6.45, 7) is 4.99. The maximum Gasteiger partial charge on any atom is 0.164 e. The van der Waals surface area contributed by atoms with E-state index in [1.54, 1.807) is 26.0 Å². The summed E-state index contributed by atoms with van der Waals surface area (Å²) in [5, 5.41) is 3.69. The number of hydrogen-bond acceptors (Lipinski definition) is 4. The fourth-order valence-electron chi connectivity index (χ4n) is 1.67. The predicted octanol–water partition coefficient (Wildman–Crippen LogP) is 3.85. The zero-order valence-corrected chi connectivity index (χ0v) is 11.2. The molecule has 0 saturated carbocycles. The summed E-state index contributed by atoms with van der Waals surface area (Å²) in [4.78, 5) is 11.5. The summed E-state index contributed by atoms with van der Waals surface area (Å²) < 4.78 is 17.6. The van der Waals surface area contributed by atoms with Gasteiger partial charge in [-0.2, -0.15) is 4.37 Å². The number of aromatic nitrogens is 1. The van der Waals surface area contributed by atoms with E-state index in [4.69, 9.17) is 0 Å². The first kappa shape index (κ1) is 12.7. The van der Waals surface area contributed by atoms with Gasteiger partial charge < -0.3 is 5.32 Å². The standard InChI is InChI=1S/C13H13FN2OS/c1-7-4-5-10(6-11(7)14)15-13-12(9(3)17)8(2)16-18-13/h4-6,15H,1-3H3. The topological polar surface area (TPSA) is 42.0 Å². The van der Waals surface area contributed by atoms with Crippen LogP contribution in [0.3, 0.4) is 0 Å². The van der Waals surface area contributed by atoms with Crippen LogP contribution in [0, 0.1) is 19.7 Å². The number of benzene rings is 1. The minimum absolute atomic E-state index is 0.0451. The van der Waals surface area contributed by atoms with Crippen LogP contribution in [-0.4, -0.2) is 10.2 Å². The van der Waals surface area contributed by atoms with E-state index in [2.05, 4.69) is 9.69 Å². The van der Waals surface area contributed by atoms with Crippen LogP contribution in [0.25, 0.3) is 0 Å². The molecule has 18 heavy (non-hydrogen) atoms. The molecule has 1 aromatic heterocycles. The highest BCUT2D eigenvalue weighted by Crippen LogP contribution is 2.28. The third-order valence-electron chi connectivity index (χ3n) is 2.64. The molecule has 2 rings (SSSR count). The zero-order chi connectivity index (χ0) is 13.3. The number of anilines is 2. The molecule has 2 aromatic rings. The average Bonchev–Trinajstić information content (AvgIpc) is 2.65. The van der Waals surface area contributed by atoms with Gasteiger partial charge in [0.05, 0.1) is 11.3 Å². The van der Waals surface area contributed by atoms with Crippen LogP contribution in [0.15, 0.2) is 18.2 Å². The molecule has 0 aliphatic heterocycles. The summed E-state index contributed by atoms with van der Waals surface area (Å²) in [6, 6.07) is 4.88. The first-order chi connectivity index (χ1) is 8.49. The van der Waals surface area contributed by atoms with Crippen molar-refractivity contribution in [1.29, 1.82) is 0 Å². The Labute approximate surface area is 109 Å². The summed E-state index contributed by atoms with van der Waals surface area (Å²) >= 11 is 1.20. The van der Waals surface area contributed by atoms with Crippen molar-refractivity contribution < 1.29 is 9.18 Å².